The summed E-state index contributed by atoms with van der Waals surface area (Å²) < 4.78 is 12.9. The predicted octanol–water partition coefficient (Wildman–Crippen LogP) is 2.51. The maximum atomic E-state index is 12.9. The van der Waals surface area contributed by atoms with Crippen LogP contribution in [-0.2, 0) is 0 Å². The van der Waals surface area contributed by atoms with Crippen molar-refractivity contribution in [2.45, 2.75) is 6.92 Å². The smallest absolute Gasteiger partial charge is 0.178 e. The topological polar surface area (TPSA) is 32.6 Å². The maximum absolute atomic E-state index is 12.9. The summed E-state index contributed by atoms with van der Waals surface area (Å²) >= 11 is 5.43. The minimum Gasteiger partial charge on any atom is -0.410 e. The van der Waals surface area contributed by atoms with Crippen molar-refractivity contribution in [3.8, 4) is 0 Å². The second-order valence-corrected chi connectivity index (χ2v) is 2.73. The van der Waals surface area contributed by atoms with Gasteiger partial charge < -0.3 is 5.21 Å². The SMILES string of the molecule is Cc1ccc(F)c(/C(Cl)=N/O)c1. The van der Waals surface area contributed by atoms with E-state index in [1.807, 2.05) is 0 Å². The highest BCUT2D eigenvalue weighted by Gasteiger charge is 2.06. The van der Waals surface area contributed by atoms with E-state index in [0.29, 0.717) is 0 Å². The number of oxime groups is 1. The largest absolute Gasteiger partial charge is 0.410 e. The lowest BCUT2D eigenvalue weighted by atomic mass is 10.1. The zero-order chi connectivity index (χ0) is 9.14. The third-order valence-electron chi connectivity index (χ3n) is 1.43. The Morgan fingerprint density at radius 3 is 2.83 bits per heavy atom. The molecule has 0 aromatic heterocycles. The summed E-state index contributed by atoms with van der Waals surface area (Å²) in [6.07, 6.45) is 0. The van der Waals surface area contributed by atoms with Gasteiger partial charge in [-0.05, 0) is 19.1 Å². The van der Waals surface area contributed by atoms with Crippen LogP contribution in [0.1, 0.15) is 11.1 Å². The fourth-order valence-electron chi connectivity index (χ4n) is 0.851. The molecule has 1 N–H and O–H groups in total. The molecule has 0 unspecified atom stereocenters. The summed E-state index contributed by atoms with van der Waals surface area (Å²) in [5.41, 5.74) is 0.965. The second-order valence-electron chi connectivity index (χ2n) is 2.37. The Labute approximate surface area is 74.3 Å². The van der Waals surface area contributed by atoms with Gasteiger partial charge in [0.15, 0.2) is 5.17 Å². The van der Waals surface area contributed by atoms with Crippen LogP contribution in [0.4, 0.5) is 4.39 Å². The molecule has 0 heterocycles. The Balaban J connectivity index is 3.23. The number of nitrogens with zero attached hydrogens (tertiary/aromatic N) is 1. The van der Waals surface area contributed by atoms with Crippen molar-refractivity contribution in [2.24, 2.45) is 5.16 Å². The monoisotopic (exact) mass is 187 g/mol. The molecule has 0 aliphatic rings. The highest BCUT2D eigenvalue weighted by Crippen LogP contribution is 2.12. The molecule has 12 heavy (non-hydrogen) atoms. The van der Waals surface area contributed by atoms with E-state index in [1.165, 1.54) is 12.1 Å². The van der Waals surface area contributed by atoms with Crippen molar-refractivity contribution >= 4 is 16.8 Å². The number of rotatable bonds is 1. The number of hydrogen-bond acceptors (Lipinski definition) is 2. The van der Waals surface area contributed by atoms with Crippen LogP contribution >= 0.6 is 11.6 Å². The summed E-state index contributed by atoms with van der Waals surface area (Å²) in [5.74, 6) is -0.497. The van der Waals surface area contributed by atoms with Crippen molar-refractivity contribution < 1.29 is 9.60 Å². The molecule has 0 bridgehead atoms. The molecule has 0 aliphatic carbocycles. The zero-order valence-corrected chi connectivity index (χ0v) is 7.14. The van der Waals surface area contributed by atoms with Gasteiger partial charge in [0.25, 0.3) is 0 Å². The fourth-order valence-corrected chi connectivity index (χ4v) is 0.996. The van der Waals surface area contributed by atoms with Crippen LogP contribution in [-0.4, -0.2) is 10.4 Å². The predicted molar refractivity (Wildman–Crippen MR) is 45.3 cm³/mol. The van der Waals surface area contributed by atoms with Gasteiger partial charge in [0.2, 0.25) is 0 Å². The first kappa shape index (κ1) is 9.00. The van der Waals surface area contributed by atoms with E-state index in [1.54, 1.807) is 13.0 Å². The molecule has 0 aliphatic heterocycles. The second kappa shape index (κ2) is 3.54. The molecule has 0 amide bonds. The van der Waals surface area contributed by atoms with Crippen LogP contribution in [0.25, 0.3) is 0 Å². The number of aryl methyl sites for hydroxylation is 1. The minimum absolute atomic E-state index is 0.110. The van der Waals surface area contributed by atoms with Crippen molar-refractivity contribution in [1.82, 2.24) is 0 Å². The summed E-state index contributed by atoms with van der Waals surface area (Å²) in [4.78, 5) is 0. The lowest BCUT2D eigenvalue weighted by Gasteiger charge is -1.99. The number of halogens is 2. The molecule has 0 atom stereocenters. The third kappa shape index (κ3) is 1.74. The first-order chi connectivity index (χ1) is 5.65. The van der Waals surface area contributed by atoms with Crippen LogP contribution in [0.2, 0.25) is 0 Å². The molecule has 64 valence electrons. The first-order valence-corrected chi connectivity index (χ1v) is 3.67. The van der Waals surface area contributed by atoms with Crippen molar-refractivity contribution in [3.05, 3.63) is 35.1 Å². The van der Waals surface area contributed by atoms with Crippen molar-refractivity contribution in [1.29, 1.82) is 0 Å². The Hall–Kier alpha value is -1.09. The summed E-state index contributed by atoms with van der Waals surface area (Å²) in [6.45, 7) is 1.80. The molecule has 2 nitrogen and oxygen atoms in total. The Kier molecular flexibility index (Phi) is 2.65. The lowest BCUT2D eigenvalue weighted by Crippen LogP contribution is -1.96. The maximum Gasteiger partial charge on any atom is 0.178 e. The Morgan fingerprint density at radius 1 is 1.58 bits per heavy atom. The van der Waals surface area contributed by atoms with E-state index in [2.05, 4.69) is 5.16 Å². The van der Waals surface area contributed by atoms with E-state index in [9.17, 15) is 4.39 Å². The highest BCUT2D eigenvalue weighted by atomic mass is 35.5. The summed E-state index contributed by atoms with van der Waals surface area (Å²) in [6, 6.07) is 4.40. The van der Waals surface area contributed by atoms with E-state index in [-0.39, 0.29) is 10.7 Å². The van der Waals surface area contributed by atoms with Crippen LogP contribution in [0.15, 0.2) is 23.4 Å². The molecule has 1 aromatic rings. The minimum atomic E-state index is -0.497. The summed E-state index contributed by atoms with van der Waals surface area (Å²) in [7, 11) is 0. The molecule has 0 saturated heterocycles. The Morgan fingerprint density at radius 2 is 2.25 bits per heavy atom. The van der Waals surface area contributed by atoms with Gasteiger partial charge in [-0.25, -0.2) is 4.39 Å². The van der Waals surface area contributed by atoms with Gasteiger partial charge in [0, 0.05) is 0 Å². The van der Waals surface area contributed by atoms with Gasteiger partial charge >= 0.3 is 0 Å². The lowest BCUT2D eigenvalue weighted by molar-refractivity contribution is 0.320. The third-order valence-corrected chi connectivity index (χ3v) is 1.71. The average Bonchev–Trinajstić information content (AvgIpc) is 2.08. The number of hydrogen-bond donors (Lipinski definition) is 1. The van der Waals surface area contributed by atoms with Crippen molar-refractivity contribution in [3.63, 3.8) is 0 Å². The van der Waals surface area contributed by atoms with Gasteiger partial charge in [-0.15, -0.1) is 0 Å². The van der Waals surface area contributed by atoms with E-state index < -0.39 is 5.82 Å². The van der Waals surface area contributed by atoms with Crippen LogP contribution < -0.4 is 0 Å². The van der Waals surface area contributed by atoms with Gasteiger partial charge in [0.1, 0.15) is 5.82 Å². The van der Waals surface area contributed by atoms with E-state index >= 15 is 0 Å². The molecular formula is C8H7ClFNO. The van der Waals surface area contributed by atoms with E-state index in [4.69, 9.17) is 16.8 Å². The molecule has 0 saturated carbocycles. The standard InChI is InChI=1S/C8H7ClFNO/c1-5-2-3-7(10)6(4-5)8(9)11-12/h2-4,12H,1H3/b11-8-. The molecule has 0 radical (unpaired) electrons. The van der Waals surface area contributed by atoms with Crippen LogP contribution in [0.3, 0.4) is 0 Å². The van der Waals surface area contributed by atoms with Crippen LogP contribution in [0, 0.1) is 12.7 Å². The van der Waals surface area contributed by atoms with Crippen molar-refractivity contribution in [2.75, 3.05) is 0 Å². The molecule has 0 fully saturated rings. The first-order valence-electron chi connectivity index (χ1n) is 3.29. The highest BCUT2D eigenvalue weighted by molar-refractivity contribution is 6.69. The zero-order valence-electron chi connectivity index (χ0n) is 6.38. The molecule has 4 heteroatoms. The normalized spacial score (nSPS) is 11.8. The van der Waals surface area contributed by atoms with Gasteiger partial charge in [0.05, 0.1) is 5.56 Å². The molecule has 1 aromatic carbocycles. The van der Waals surface area contributed by atoms with Gasteiger partial charge in [-0.2, -0.15) is 0 Å². The molecular weight excluding hydrogens is 181 g/mol. The fraction of sp³-hybridized carbons (Fsp3) is 0.125. The Bertz CT molecular complexity index is 325. The van der Waals surface area contributed by atoms with E-state index in [0.717, 1.165) is 5.56 Å². The average molecular weight is 188 g/mol. The molecule has 1 rings (SSSR count). The molecule has 0 spiro atoms. The quantitative estimate of drug-likeness (QED) is 0.409. The van der Waals surface area contributed by atoms with Gasteiger partial charge in [-0.1, -0.05) is 28.4 Å². The van der Waals surface area contributed by atoms with Crippen LogP contribution in [0.5, 0.6) is 0 Å². The number of benzene rings is 1. The summed E-state index contributed by atoms with van der Waals surface area (Å²) in [5, 5.41) is 10.8. The van der Waals surface area contributed by atoms with Gasteiger partial charge in [-0.3, -0.25) is 0 Å².